The molecule has 1 amide bonds. The fraction of sp³-hybridized carbons (Fsp3) is 0.889. The van der Waals surface area contributed by atoms with Crippen LogP contribution >= 0.6 is 11.8 Å². The molecule has 0 aliphatic carbocycles. The number of ether oxygens (including phenoxy) is 1. The normalized spacial score (nSPS) is 12.5. The summed E-state index contributed by atoms with van der Waals surface area (Å²) in [4.78, 5) is 11.2. The summed E-state index contributed by atoms with van der Waals surface area (Å²) in [5.41, 5.74) is 0. The third-order valence-corrected chi connectivity index (χ3v) is 2.49. The Morgan fingerprint density at radius 1 is 1.57 bits per heavy atom. The molecule has 0 heterocycles. The van der Waals surface area contributed by atoms with Gasteiger partial charge in [0.05, 0.1) is 13.2 Å². The highest BCUT2D eigenvalue weighted by Crippen LogP contribution is 1.94. The van der Waals surface area contributed by atoms with E-state index in [4.69, 9.17) is 4.74 Å². The van der Waals surface area contributed by atoms with Gasteiger partial charge in [-0.3, -0.25) is 4.79 Å². The molecule has 84 valence electrons. The van der Waals surface area contributed by atoms with E-state index >= 15 is 0 Å². The zero-order chi connectivity index (χ0) is 10.8. The molecule has 14 heavy (non-hydrogen) atoms. The van der Waals surface area contributed by atoms with Crippen molar-refractivity contribution in [2.45, 2.75) is 13.0 Å². The molecule has 0 aliphatic rings. The van der Waals surface area contributed by atoms with Crippen LogP contribution in [0.5, 0.6) is 0 Å². The summed E-state index contributed by atoms with van der Waals surface area (Å²) in [5, 5.41) is 5.88. The van der Waals surface area contributed by atoms with Gasteiger partial charge in [-0.25, -0.2) is 0 Å². The highest BCUT2D eigenvalue weighted by atomic mass is 32.2. The van der Waals surface area contributed by atoms with E-state index in [1.165, 1.54) is 0 Å². The standard InChI is InChI=1S/C9H20N2O2S/c1-8(7-14-3)11-6-9(12)10-4-5-13-2/h8,11H,4-7H2,1-3H3,(H,10,12). The number of amides is 1. The van der Waals surface area contributed by atoms with E-state index in [2.05, 4.69) is 23.8 Å². The topological polar surface area (TPSA) is 50.4 Å². The van der Waals surface area contributed by atoms with Crippen molar-refractivity contribution in [1.29, 1.82) is 0 Å². The Morgan fingerprint density at radius 3 is 2.86 bits per heavy atom. The van der Waals surface area contributed by atoms with Crippen LogP contribution in [0.15, 0.2) is 0 Å². The molecule has 0 spiro atoms. The lowest BCUT2D eigenvalue weighted by Crippen LogP contribution is -2.39. The van der Waals surface area contributed by atoms with Crippen LogP contribution in [0.4, 0.5) is 0 Å². The highest BCUT2D eigenvalue weighted by Gasteiger charge is 2.03. The number of hydrogen-bond acceptors (Lipinski definition) is 4. The zero-order valence-electron chi connectivity index (χ0n) is 9.13. The van der Waals surface area contributed by atoms with Gasteiger partial charge in [0.15, 0.2) is 0 Å². The Labute approximate surface area is 90.2 Å². The average Bonchev–Trinajstić information content (AvgIpc) is 2.16. The lowest BCUT2D eigenvalue weighted by molar-refractivity contribution is -0.120. The van der Waals surface area contributed by atoms with Gasteiger partial charge in [-0.05, 0) is 13.2 Å². The summed E-state index contributed by atoms with van der Waals surface area (Å²) in [5.74, 6) is 1.04. The maximum Gasteiger partial charge on any atom is 0.234 e. The SMILES string of the molecule is COCCNC(=O)CNC(C)CSC. The van der Waals surface area contributed by atoms with Crippen LogP contribution < -0.4 is 10.6 Å². The van der Waals surface area contributed by atoms with Gasteiger partial charge in [0.25, 0.3) is 0 Å². The molecule has 0 aromatic rings. The fourth-order valence-electron chi connectivity index (χ4n) is 0.931. The molecule has 0 fully saturated rings. The molecule has 0 aliphatic heterocycles. The number of nitrogens with one attached hydrogen (secondary N) is 2. The maximum atomic E-state index is 11.2. The lowest BCUT2D eigenvalue weighted by Gasteiger charge is -2.11. The quantitative estimate of drug-likeness (QED) is 0.569. The first kappa shape index (κ1) is 13.7. The summed E-state index contributed by atoms with van der Waals surface area (Å²) in [6.07, 6.45) is 2.05. The number of rotatable bonds is 8. The number of hydrogen-bond donors (Lipinski definition) is 2. The van der Waals surface area contributed by atoms with Gasteiger partial charge in [-0.2, -0.15) is 11.8 Å². The maximum absolute atomic E-state index is 11.2. The summed E-state index contributed by atoms with van der Waals surface area (Å²) in [6, 6.07) is 0.373. The van der Waals surface area contributed by atoms with Crippen LogP contribution in [0.25, 0.3) is 0 Å². The third kappa shape index (κ3) is 8.34. The van der Waals surface area contributed by atoms with Crippen molar-refractivity contribution in [2.75, 3.05) is 38.8 Å². The van der Waals surface area contributed by atoms with Gasteiger partial charge in [-0.15, -0.1) is 0 Å². The minimum Gasteiger partial charge on any atom is -0.383 e. The Balaban J connectivity index is 3.34. The van der Waals surface area contributed by atoms with Crippen molar-refractivity contribution >= 4 is 17.7 Å². The Bertz CT molecular complexity index is 156. The van der Waals surface area contributed by atoms with Gasteiger partial charge < -0.3 is 15.4 Å². The first-order chi connectivity index (χ1) is 6.70. The van der Waals surface area contributed by atoms with E-state index < -0.39 is 0 Å². The molecule has 0 aromatic carbocycles. The summed E-state index contributed by atoms with van der Waals surface area (Å²) in [7, 11) is 1.62. The molecule has 0 saturated heterocycles. The molecule has 0 radical (unpaired) electrons. The van der Waals surface area contributed by atoms with E-state index in [9.17, 15) is 4.79 Å². The molecule has 2 N–H and O–H groups in total. The van der Waals surface area contributed by atoms with Crippen LogP contribution in [-0.2, 0) is 9.53 Å². The molecule has 1 unspecified atom stereocenters. The van der Waals surface area contributed by atoms with Crippen molar-refractivity contribution < 1.29 is 9.53 Å². The van der Waals surface area contributed by atoms with E-state index in [1.54, 1.807) is 18.9 Å². The average molecular weight is 220 g/mol. The van der Waals surface area contributed by atoms with Gasteiger partial charge in [0.1, 0.15) is 0 Å². The zero-order valence-corrected chi connectivity index (χ0v) is 9.95. The van der Waals surface area contributed by atoms with Crippen molar-refractivity contribution in [3.05, 3.63) is 0 Å². The van der Waals surface area contributed by atoms with Crippen molar-refractivity contribution in [3.8, 4) is 0 Å². The minimum absolute atomic E-state index is 0.0232. The molecule has 0 rings (SSSR count). The van der Waals surface area contributed by atoms with E-state index in [1.807, 2.05) is 0 Å². The Kier molecular flexibility index (Phi) is 9.13. The molecule has 0 bridgehead atoms. The van der Waals surface area contributed by atoms with Gasteiger partial charge in [0, 0.05) is 25.4 Å². The second-order valence-electron chi connectivity index (χ2n) is 3.08. The molecular weight excluding hydrogens is 200 g/mol. The van der Waals surface area contributed by atoms with E-state index in [0.29, 0.717) is 25.7 Å². The van der Waals surface area contributed by atoms with Crippen LogP contribution in [0.1, 0.15) is 6.92 Å². The van der Waals surface area contributed by atoms with E-state index in [-0.39, 0.29) is 5.91 Å². The summed E-state index contributed by atoms with van der Waals surface area (Å²) >= 11 is 1.77. The number of thioether (sulfide) groups is 1. The minimum atomic E-state index is 0.0232. The van der Waals surface area contributed by atoms with Crippen molar-refractivity contribution in [3.63, 3.8) is 0 Å². The van der Waals surface area contributed by atoms with Crippen LogP contribution in [0.3, 0.4) is 0 Å². The second-order valence-corrected chi connectivity index (χ2v) is 3.99. The van der Waals surface area contributed by atoms with Gasteiger partial charge in [0.2, 0.25) is 5.91 Å². The largest absolute Gasteiger partial charge is 0.383 e. The first-order valence-electron chi connectivity index (χ1n) is 4.68. The summed E-state index contributed by atoms with van der Waals surface area (Å²) < 4.78 is 4.82. The van der Waals surface area contributed by atoms with Crippen molar-refractivity contribution in [1.82, 2.24) is 10.6 Å². The fourth-order valence-corrected chi connectivity index (χ4v) is 1.55. The van der Waals surface area contributed by atoms with Crippen molar-refractivity contribution in [2.24, 2.45) is 0 Å². The predicted octanol–water partition coefficient (Wildman–Crippen LogP) is 0.0901. The van der Waals surface area contributed by atoms with Gasteiger partial charge in [-0.1, -0.05) is 0 Å². The number of methoxy groups -OCH3 is 1. The molecule has 0 saturated carbocycles. The van der Waals surface area contributed by atoms with Crippen LogP contribution in [0, 0.1) is 0 Å². The Morgan fingerprint density at radius 2 is 2.29 bits per heavy atom. The highest BCUT2D eigenvalue weighted by molar-refractivity contribution is 7.98. The first-order valence-corrected chi connectivity index (χ1v) is 6.08. The van der Waals surface area contributed by atoms with Crippen LogP contribution in [-0.4, -0.2) is 50.8 Å². The van der Waals surface area contributed by atoms with Gasteiger partial charge >= 0.3 is 0 Å². The van der Waals surface area contributed by atoms with E-state index in [0.717, 1.165) is 5.75 Å². The predicted molar refractivity (Wildman–Crippen MR) is 60.7 cm³/mol. The summed E-state index contributed by atoms with van der Waals surface area (Å²) in [6.45, 7) is 3.59. The smallest absolute Gasteiger partial charge is 0.234 e. The molecule has 0 aromatic heterocycles. The number of carbonyl (C=O) groups is 1. The number of carbonyl (C=O) groups excluding carboxylic acids is 1. The molecule has 4 nitrogen and oxygen atoms in total. The molecule has 1 atom stereocenters. The molecule has 5 heteroatoms. The Hall–Kier alpha value is -0.260. The second kappa shape index (κ2) is 9.30. The third-order valence-electron chi connectivity index (χ3n) is 1.66. The molecular formula is C9H20N2O2S. The monoisotopic (exact) mass is 220 g/mol. The lowest BCUT2D eigenvalue weighted by atomic mass is 10.4. The van der Waals surface area contributed by atoms with Crippen LogP contribution in [0.2, 0.25) is 0 Å².